The summed E-state index contributed by atoms with van der Waals surface area (Å²) in [6.45, 7) is 0. The van der Waals surface area contributed by atoms with Gasteiger partial charge in [-0.2, -0.15) is 0 Å². The summed E-state index contributed by atoms with van der Waals surface area (Å²) < 4.78 is 2.31. The smallest absolute Gasteiger partial charge is 0.132 e. The molecule has 2 aliphatic carbocycles. The Balaban J connectivity index is 1.82. The third kappa shape index (κ3) is 2.34. The summed E-state index contributed by atoms with van der Waals surface area (Å²) in [6.07, 6.45) is 7.59. The molecule has 1 aromatic heterocycles. The molecule has 2 N–H and O–H groups in total. The first-order valence-corrected chi connectivity index (χ1v) is 8.25. The molecule has 2 fully saturated rings. The Morgan fingerprint density at radius 3 is 2.57 bits per heavy atom. The van der Waals surface area contributed by atoms with Crippen molar-refractivity contribution >= 4 is 17.4 Å². The normalized spacial score (nSPS) is 19.3. The van der Waals surface area contributed by atoms with E-state index in [0.717, 1.165) is 22.1 Å². The number of benzene rings is 1. The molecule has 1 heterocycles. The van der Waals surface area contributed by atoms with Crippen LogP contribution in [0.25, 0.3) is 11.3 Å². The summed E-state index contributed by atoms with van der Waals surface area (Å²) >= 11 is 6.12. The fourth-order valence-electron chi connectivity index (χ4n) is 3.50. The largest absolute Gasteiger partial charge is 0.383 e. The molecule has 2 saturated carbocycles. The standard InChI is InChI=1S/C17H20ClN3/c18-13-7-3-6-12(10-13)15-16(19)21(14-8-9-14)17(20-15)11-4-1-2-5-11/h3,6-7,10-11,14H,1-2,4-5,8-9,19H2. The van der Waals surface area contributed by atoms with E-state index in [1.807, 2.05) is 24.3 Å². The molecule has 21 heavy (non-hydrogen) atoms. The summed E-state index contributed by atoms with van der Waals surface area (Å²) in [5, 5.41) is 0.732. The molecule has 0 radical (unpaired) electrons. The van der Waals surface area contributed by atoms with Crippen molar-refractivity contribution in [1.29, 1.82) is 0 Å². The fraction of sp³-hybridized carbons (Fsp3) is 0.471. The van der Waals surface area contributed by atoms with E-state index >= 15 is 0 Å². The van der Waals surface area contributed by atoms with Gasteiger partial charge in [-0.3, -0.25) is 0 Å². The molecule has 110 valence electrons. The number of hydrogen-bond donors (Lipinski definition) is 1. The number of rotatable bonds is 3. The van der Waals surface area contributed by atoms with Crippen LogP contribution in [0.3, 0.4) is 0 Å². The average Bonchev–Trinajstić information content (AvgIpc) is 3.04. The topological polar surface area (TPSA) is 43.8 Å². The third-order valence-electron chi connectivity index (χ3n) is 4.71. The van der Waals surface area contributed by atoms with Crippen LogP contribution in [0.2, 0.25) is 5.02 Å². The maximum Gasteiger partial charge on any atom is 0.132 e. The first kappa shape index (κ1) is 13.2. The van der Waals surface area contributed by atoms with E-state index in [4.69, 9.17) is 22.3 Å². The highest BCUT2D eigenvalue weighted by Crippen LogP contribution is 2.45. The van der Waals surface area contributed by atoms with Gasteiger partial charge >= 0.3 is 0 Å². The zero-order valence-corrected chi connectivity index (χ0v) is 12.8. The van der Waals surface area contributed by atoms with E-state index < -0.39 is 0 Å². The number of nitrogens with two attached hydrogens (primary N) is 1. The van der Waals surface area contributed by atoms with Crippen molar-refractivity contribution in [2.45, 2.75) is 50.5 Å². The van der Waals surface area contributed by atoms with Gasteiger partial charge in [-0.15, -0.1) is 0 Å². The van der Waals surface area contributed by atoms with E-state index in [-0.39, 0.29) is 0 Å². The molecule has 1 aromatic carbocycles. The number of imidazole rings is 1. The minimum absolute atomic E-state index is 0.570. The number of nitrogens with zero attached hydrogens (tertiary/aromatic N) is 2. The Hall–Kier alpha value is -1.48. The molecule has 2 aliphatic rings. The second-order valence-electron chi connectivity index (χ2n) is 6.30. The van der Waals surface area contributed by atoms with Gasteiger partial charge in [-0.05, 0) is 37.8 Å². The molecule has 0 unspecified atom stereocenters. The molecular formula is C17H20ClN3. The maximum absolute atomic E-state index is 6.45. The maximum atomic E-state index is 6.45. The van der Waals surface area contributed by atoms with Gasteiger partial charge in [0.1, 0.15) is 17.3 Å². The van der Waals surface area contributed by atoms with Crippen molar-refractivity contribution in [3.05, 3.63) is 35.1 Å². The molecule has 0 aliphatic heterocycles. The molecule has 3 nitrogen and oxygen atoms in total. The summed E-state index contributed by atoms with van der Waals surface area (Å²) in [5.74, 6) is 2.62. The lowest BCUT2D eigenvalue weighted by Gasteiger charge is -2.12. The number of aromatic nitrogens is 2. The summed E-state index contributed by atoms with van der Waals surface area (Å²) in [6, 6.07) is 8.41. The molecular weight excluding hydrogens is 282 g/mol. The average molecular weight is 302 g/mol. The lowest BCUT2D eigenvalue weighted by atomic mass is 10.1. The van der Waals surface area contributed by atoms with Gasteiger partial charge in [0, 0.05) is 22.5 Å². The minimum Gasteiger partial charge on any atom is -0.383 e. The first-order valence-electron chi connectivity index (χ1n) is 7.87. The number of halogens is 1. The van der Waals surface area contributed by atoms with Gasteiger partial charge < -0.3 is 10.3 Å². The van der Waals surface area contributed by atoms with Crippen molar-refractivity contribution < 1.29 is 0 Å². The predicted molar refractivity (Wildman–Crippen MR) is 86.6 cm³/mol. The van der Waals surface area contributed by atoms with Crippen LogP contribution in [0.15, 0.2) is 24.3 Å². The van der Waals surface area contributed by atoms with Crippen molar-refractivity contribution in [2.24, 2.45) is 0 Å². The highest BCUT2D eigenvalue weighted by atomic mass is 35.5. The van der Waals surface area contributed by atoms with Gasteiger partial charge in [0.25, 0.3) is 0 Å². The van der Waals surface area contributed by atoms with Crippen LogP contribution >= 0.6 is 11.6 Å². The molecule has 0 bridgehead atoms. The zero-order valence-electron chi connectivity index (χ0n) is 12.1. The minimum atomic E-state index is 0.570. The number of anilines is 1. The summed E-state index contributed by atoms with van der Waals surface area (Å²) in [5.41, 5.74) is 8.39. The van der Waals surface area contributed by atoms with E-state index in [2.05, 4.69) is 4.57 Å². The van der Waals surface area contributed by atoms with E-state index in [0.29, 0.717) is 12.0 Å². The Labute approximate surface area is 130 Å². The van der Waals surface area contributed by atoms with Gasteiger partial charge in [0.15, 0.2) is 0 Å². The fourth-order valence-corrected chi connectivity index (χ4v) is 3.69. The quantitative estimate of drug-likeness (QED) is 0.886. The molecule has 0 atom stereocenters. The third-order valence-corrected chi connectivity index (χ3v) is 4.94. The summed E-state index contributed by atoms with van der Waals surface area (Å²) in [4.78, 5) is 4.94. The lowest BCUT2D eigenvalue weighted by molar-refractivity contribution is 0.596. The van der Waals surface area contributed by atoms with Crippen LogP contribution in [0.4, 0.5) is 5.82 Å². The van der Waals surface area contributed by atoms with Crippen molar-refractivity contribution in [1.82, 2.24) is 9.55 Å². The van der Waals surface area contributed by atoms with Crippen molar-refractivity contribution in [3.8, 4) is 11.3 Å². The summed E-state index contributed by atoms with van der Waals surface area (Å²) in [7, 11) is 0. The molecule has 4 heteroatoms. The van der Waals surface area contributed by atoms with Crippen LogP contribution in [0.1, 0.15) is 56.3 Å². The van der Waals surface area contributed by atoms with Crippen LogP contribution in [0, 0.1) is 0 Å². The van der Waals surface area contributed by atoms with Crippen LogP contribution < -0.4 is 5.73 Å². The Morgan fingerprint density at radius 1 is 1.14 bits per heavy atom. The van der Waals surface area contributed by atoms with Crippen molar-refractivity contribution in [2.75, 3.05) is 5.73 Å². The molecule has 0 amide bonds. The van der Waals surface area contributed by atoms with Gasteiger partial charge in [0.05, 0.1) is 0 Å². The first-order chi connectivity index (χ1) is 10.2. The van der Waals surface area contributed by atoms with E-state index in [9.17, 15) is 0 Å². The molecule has 0 saturated heterocycles. The Bertz CT molecular complexity index is 667. The second kappa shape index (κ2) is 5.06. The number of hydrogen-bond acceptors (Lipinski definition) is 2. The molecule has 4 rings (SSSR count). The van der Waals surface area contributed by atoms with Gasteiger partial charge in [-0.1, -0.05) is 36.6 Å². The Morgan fingerprint density at radius 2 is 1.90 bits per heavy atom. The van der Waals surface area contributed by atoms with E-state index in [1.54, 1.807) is 0 Å². The highest BCUT2D eigenvalue weighted by Gasteiger charge is 2.33. The lowest BCUT2D eigenvalue weighted by Crippen LogP contribution is -2.08. The Kier molecular flexibility index (Phi) is 3.18. The van der Waals surface area contributed by atoms with E-state index in [1.165, 1.54) is 44.3 Å². The monoisotopic (exact) mass is 301 g/mol. The molecule has 0 spiro atoms. The van der Waals surface area contributed by atoms with Gasteiger partial charge in [0.2, 0.25) is 0 Å². The van der Waals surface area contributed by atoms with Crippen LogP contribution in [-0.4, -0.2) is 9.55 Å². The SMILES string of the molecule is Nc1c(-c2cccc(Cl)c2)nc(C2CCCC2)n1C1CC1. The van der Waals surface area contributed by atoms with Crippen LogP contribution in [-0.2, 0) is 0 Å². The second-order valence-corrected chi connectivity index (χ2v) is 6.73. The van der Waals surface area contributed by atoms with Gasteiger partial charge in [-0.25, -0.2) is 4.98 Å². The zero-order chi connectivity index (χ0) is 14.4. The number of nitrogen functional groups attached to an aromatic ring is 1. The predicted octanol–water partition coefficient (Wildman–Crippen LogP) is 4.78. The van der Waals surface area contributed by atoms with Crippen molar-refractivity contribution in [3.63, 3.8) is 0 Å². The van der Waals surface area contributed by atoms with Crippen LogP contribution in [0.5, 0.6) is 0 Å². The highest BCUT2D eigenvalue weighted by molar-refractivity contribution is 6.30. The molecule has 2 aromatic rings.